The van der Waals surface area contributed by atoms with Crippen molar-refractivity contribution in [2.75, 3.05) is 13.1 Å². The third-order valence-electron chi connectivity index (χ3n) is 2.92. The fourth-order valence-corrected chi connectivity index (χ4v) is 2.57. The summed E-state index contributed by atoms with van der Waals surface area (Å²) in [6, 6.07) is 4.53. The number of likely N-dealkylation sites (tertiary alicyclic amines) is 1. The molecule has 0 aromatic heterocycles. The molecular formula is C12H14BrFN2O. The molecule has 1 heterocycles. The van der Waals surface area contributed by atoms with Gasteiger partial charge in [0.1, 0.15) is 5.82 Å². The number of piperidine rings is 1. The van der Waals surface area contributed by atoms with Crippen LogP contribution in [0.1, 0.15) is 23.2 Å². The Labute approximate surface area is 108 Å². The number of hydrogen-bond acceptors (Lipinski definition) is 2. The molecule has 1 saturated heterocycles. The van der Waals surface area contributed by atoms with E-state index in [1.165, 1.54) is 6.07 Å². The Morgan fingerprint density at radius 1 is 1.53 bits per heavy atom. The van der Waals surface area contributed by atoms with Crippen molar-refractivity contribution in [2.45, 2.75) is 18.9 Å². The molecule has 5 heteroatoms. The maximum Gasteiger partial charge on any atom is 0.258 e. The highest BCUT2D eigenvalue weighted by Gasteiger charge is 2.25. The van der Waals surface area contributed by atoms with E-state index in [0.29, 0.717) is 17.6 Å². The largest absolute Gasteiger partial charge is 0.337 e. The van der Waals surface area contributed by atoms with Crippen LogP contribution in [-0.2, 0) is 0 Å². The monoisotopic (exact) mass is 300 g/mol. The fraction of sp³-hybridized carbons (Fsp3) is 0.417. The highest BCUT2D eigenvalue weighted by molar-refractivity contribution is 9.10. The molecule has 1 amide bonds. The third-order valence-corrected chi connectivity index (χ3v) is 3.58. The van der Waals surface area contributed by atoms with Crippen molar-refractivity contribution in [3.63, 3.8) is 0 Å². The Morgan fingerprint density at radius 3 is 2.94 bits per heavy atom. The number of rotatable bonds is 1. The molecule has 2 N–H and O–H groups in total. The molecule has 0 radical (unpaired) electrons. The smallest absolute Gasteiger partial charge is 0.258 e. The topological polar surface area (TPSA) is 46.3 Å². The van der Waals surface area contributed by atoms with Crippen LogP contribution in [0.3, 0.4) is 0 Å². The van der Waals surface area contributed by atoms with Crippen LogP contribution in [0, 0.1) is 5.82 Å². The summed E-state index contributed by atoms with van der Waals surface area (Å²) in [5, 5.41) is 0. The highest BCUT2D eigenvalue weighted by Crippen LogP contribution is 2.22. The molecule has 2 rings (SSSR count). The van der Waals surface area contributed by atoms with Gasteiger partial charge in [0.25, 0.3) is 5.91 Å². The second kappa shape index (κ2) is 5.14. The summed E-state index contributed by atoms with van der Waals surface area (Å²) in [7, 11) is 0. The lowest BCUT2D eigenvalue weighted by atomic mass is 10.1. The van der Waals surface area contributed by atoms with Crippen molar-refractivity contribution >= 4 is 21.8 Å². The van der Waals surface area contributed by atoms with Crippen LogP contribution in [-0.4, -0.2) is 29.9 Å². The number of carbonyl (C=O) groups is 1. The third kappa shape index (κ3) is 2.66. The standard InChI is InChI=1S/C12H14BrFN2O/c13-9-4-1-5-10(14)11(9)12(17)16-6-2-3-8(15)7-16/h1,4-5,8H,2-3,6-7,15H2/t8-/m0/s1. The first kappa shape index (κ1) is 12.5. The van der Waals surface area contributed by atoms with Crippen LogP contribution in [0.4, 0.5) is 4.39 Å². The van der Waals surface area contributed by atoms with Gasteiger partial charge in [0, 0.05) is 23.6 Å². The summed E-state index contributed by atoms with van der Waals surface area (Å²) in [5.41, 5.74) is 5.92. The zero-order chi connectivity index (χ0) is 12.4. The van der Waals surface area contributed by atoms with E-state index >= 15 is 0 Å². The van der Waals surface area contributed by atoms with Gasteiger partial charge in [0.15, 0.2) is 0 Å². The maximum absolute atomic E-state index is 13.6. The summed E-state index contributed by atoms with van der Waals surface area (Å²) >= 11 is 3.21. The van der Waals surface area contributed by atoms with Crippen LogP contribution >= 0.6 is 15.9 Å². The minimum Gasteiger partial charge on any atom is -0.337 e. The van der Waals surface area contributed by atoms with Gasteiger partial charge in [-0.15, -0.1) is 0 Å². The van der Waals surface area contributed by atoms with Crippen molar-refractivity contribution in [1.29, 1.82) is 0 Å². The molecule has 1 atom stereocenters. The minimum atomic E-state index is -0.497. The van der Waals surface area contributed by atoms with Gasteiger partial charge in [-0.1, -0.05) is 6.07 Å². The molecule has 92 valence electrons. The van der Waals surface area contributed by atoms with Gasteiger partial charge in [-0.2, -0.15) is 0 Å². The van der Waals surface area contributed by atoms with Gasteiger partial charge in [-0.3, -0.25) is 4.79 Å². The van der Waals surface area contributed by atoms with Crippen LogP contribution < -0.4 is 5.73 Å². The molecule has 1 aliphatic heterocycles. The normalized spacial score (nSPS) is 20.4. The molecule has 17 heavy (non-hydrogen) atoms. The lowest BCUT2D eigenvalue weighted by Gasteiger charge is -2.31. The second-order valence-electron chi connectivity index (χ2n) is 4.25. The summed E-state index contributed by atoms with van der Waals surface area (Å²) in [6.07, 6.45) is 1.79. The molecule has 0 aliphatic carbocycles. The van der Waals surface area contributed by atoms with Gasteiger partial charge in [-0.05, 0) is 40.9 Å². The first-order chi connectivity index (χ1) is 8.09. The van der Waals surface area contributed by atoms with E-state index in [4.69, 9.17) is 5.73 Å². The number of nitrogens with two attached hydrogens (primary N) is 1. The maximum atomic E-state index is 13.6. The quantitative estimate of drug-likeness (QED) is 0.864. The Hall–Kier alpha value is -0.940. The lowest BCUT2D eigenvalue weighted by Crippen LogP contribution is -2.46. The molecule has 0 saturated carbocycles. The number of benzene rings is 1. The van der Waals surface area contributed by atoms with Crippen LogP contribution in [0.25, 0.3) is 0 Å². The first-order valence-electron chi connectivity index (χ1n) is 5.58. The van der Waals surface area contributed by atoms with Gasteiger partial charge >= 0.3 is 0 Å². The van der Waals surface area contributed by atoms with Crippen molar-refractivity contribution in [3.8, 4) is 0 Å². The highest BCUT2D eigenvalue weighted by atomic mass is 79.9. The van der Waals surface area contributed by atoms with Crippen LogP contribution in [0.2, 0.25) is 0 Å². The number of hydrogen-bond donors (Lipinski definition) is 1. The molecular weight excluding hydrogens is 287 g/mol. The summed E-state index contributed by atoms with van der Waals surface area (Å²) in [5.74, 6) is -0.784. The van der Waals surface area contributed by atoms with Gasteiger partial charge in [0.2, 0.25) is 0 Å². The average Bonchev–Trinajstić information content (AvgIpc) is 2.28. The summed E-state index contributed by atoms with van der Waals surface area (Å²) < 4.78 is 14.1. The molecule has 1 aliphatic rings. The number of amides is 1. The van der Waals surface area contributed by atoms with E-state index in [1.807, 2.05) is 0 Å². The Bertz CT molecular complexity index is 418. The predicted octanol–water partition coefficient (Wildman–Crippen LogP) is 2.15. The Kier molecular flexibility index (Phi) is 3.79. The Balaban J connectivity index is 2.24. The fourth-order valence-electron chi connectivity index (χ4n) is 2.05. The van der Waals surface area contributed by atoms with Crippen molar-refractivity contribution in [2.24, 2.45) is 5.73 Å². The molecule has 1 aromatic rings. The van der Waals surface area contributed by atoms with E-state index in [2.05, 4.69) is 15.9 Å². The van der Waals surface area contributed by atoms with E-state index in [1.54, 1.807) is 17.0 Å². The number of nitrogens with zero attached hydrogens (tertiary/aromatic N) is 1. The van der Waals surface area contributed by atoms with Crippen molar-refractivity contribution in [3.05, 3.63) is 34.1 Å². The molecule has 0 bridgehead atoms. The van der Waals surface area contributed by atoms with E-state index in [0.717, 1.165) is 12.8 Å². The van der Waals surface area contributed by atoms with Crippen molar-refractivity contribution < 1.29 is 9.18 Å². The number of halogens is 2. The Morgan fingerprint density at radius 2 is 2.29 bits per heavy atom. The van der Waals surface area contributed by atoms with E-state index in [9.17, 15) is 9.18 Å². The molecule has 1 fully saturated rings. The first-order valence-corrected chi connectivity index (χ1v) is 6.37. The SMILES string of the molecule is N[C@H]1CCCN(C(=O)c2c(F)cccc2Br)C1. The molecule has 1 aromatic carbocycles. The zero-order valence-corrected chi connectivity index (χ0v) is 10.9. The average molecular weight is 301 g/mol. The van der Waals surface area contributed by atoms with Crippen LogP contribution in [0.5, 0.6) is 0 Å². The molecule has 3 nitrogen and oxygen atoms in total. The van der Waals surface area contributed by atoms with Gasteiger partial charge in [0.05, 0.1) is 5.56 Å². The van der Waals surface area contributed by atoms with E-state index in [-0.39, 0.29) is 17.5 Å². The van der Waals surface area contributed by atoms with E-state index < -0.39 is 5.82 Å². The van der Waals surface area contributed by atoms with Crippen molar-refractivity contribution in [1.82, 2.24) is 4.90 Å². The minimum absolute atomic E-state index is 0.00162. The summed E-state index contributed by atoms with van der Waals surface area (Å²) in [4.78, 5) is 13.8. The molecule has 0 unspecified atom stereocenters. The summed E-state index contributed by atoms with van der Waals surface area (Å²) in [6.45, 7) is 1.15. The number of carbonyl (C=O) groups excluding carboxylic acids is 1. The second-order valence-corrected chi connectivity index (χ2v) is 5.10. The molecule has 0 spiro atoms. The van der Waals surface area contributed by atoms with Gasteiger partial charge in [-0.25, -0.2) is 4.39 Å². The van der Waals surface area contributed by atoms with Gasteiger partial charge < -0.3 is 10.6 Å². The van der Waals surface area contributed by atoms with Crippen LogP contribution in [0.15, 0.2) is 22.7 Å². The predicted molar refractivity (Wildman–Crippen MR) is 67.2 cm³/mol. The zero-order valence-electron chi connectivity index (χ0n) is 9.33. The lowest BCUT2D eigenvalue weighted by molar-refractivity contribution is 0.0703.